The minimum absolute atomic E-state index is 0.0623. The molecule has 2 N–H and O–H groups in total. The summed E-state index contributed by atoms with van der Waals surface area (Å²) in [6.07, 6.45) is 0. The van der Waals surface area contributed by atoms with Crippen LogP contribution in [0.1, 0.15) is 21.7 Å². The fourth-order valence-corrected chi connectivity index (χ4v) is 2.60. The van der Waals surface area contributed by atoms with E-state index >= 15 is 0 Å². The van der Waals surface area contributed by atoms with E-state index in [9.17, 15) is 0 Å². The molecule has 0 bridgehead atoms. The summed E-state index contributed by atoms with van der Waals surface area (Å²) in [6, 6.07) is 4.01. The van der Waals surface area contributed by atoms with Crippen molar-refractivity contribution in [1.82, 2.24) is 9.78 Å². The van der Waals surface area contributed by atoms with Gasteiger partial charge in [0.25, 0.3) is 0 Å². The van der Waals surface area contributed by atoms with Crippen molar-refractivity contribution in [1.29, 1.82) is 5.26 Å². The molecule has 0 radical (unpaired) electrons. The standard InChI is InChI=1S/C13H16N4OS/c1-9-10(2)16-17(3-4-18)13(9)15-7-12-5-11(6-14)8-19-12/h5,8,15,18H,3-4,7H2,1-2H3. The minimum atomic E-state index is 0.0623. The Kier molecular flexibility index (Phi) is 4.20. The zero-order valence-electron chi connectivity index (χ0n) is 11.0. The van der Waals surface area contributed by atoms with Crippen LogP contribution in [0, 0.1) is 25.2 Å². The molecule has 0 amide bonds. The molecule has 6 heteroatoms. The fourth-order valence-electron chi connectivity index (χ4n) is 1.85. The van der Waals surface area contributed by atoms with Gasteiger partial charge in [-0.2, -0.15) is 10.4 Å². The summed E-state index contributed by atoms with van der Waals surface area (Å²) in [5.74, 6) is 0.929. The molecule has 2 aromatic heterocycles. The second-order valence-electron chi connectivity index (χ2n) is 4.27. The molecule has 0 aromatic carbocycles. The zero-order chi connectivity index (χ0) is 13.8. The lowest BCUT2D eigenvalue weighted by atomic mass is 10.2. The van der Waals surface area contributed by atoms with Crippen molar-refractivity contribution in [3.05, 3.63) is 33.1 Å². The summed E-state index contributed by atoms with van der Waals surface area (Å²) >= 11 is 1.56. The molecule has 2 heterocycles. The predicted molar refractivity (Wildman–Crippen MR) is 75.1 cm³/mol. The molecule has 0 spiro atoms. The highest BCUT2D eigenvalue weighted by atomic mass is 32.1. The van der Waals surface area contributed by atoms with Crippen LogP contribution in [-0.2, 0) is 13.1 Å². The highest BCUT2D eigenvalue weighted by Gasteiger charge is 2.11. The smallest absolute Gasteiger partial charge is 0.127 e. The Morgan fingerprint density at radius 3 is 2.95 bits per heavy atom. The quantitative estimate of drug-likeness (QED) is 0.876. The molecule has 0 saturated heterocycles. The molecule has 2 rings (SSSR count). The summed E-state index contributed by atoms with van der Waals surface area (Å²) in [5, 5.41) is 27.4. The number of aromatic nitrogens is 2. The number of nitrogens with one attached hydrogen (secondary N) is 1. The largest absolute Gasteiger partial charge is 0.394 e. The highest BCUT2D eigenvalue weighted by Crippen LogP contribution is 2.21. The van der Waals surface area contributed by atoms with Crippen molar-refractivity contribution in [3.63, 3.8) is 0 Å². The normalized spacial score (nSPS) is 10.4. The van der Waals surface area contributed by atoms with E-state index in [1.807, 2.05) is 25.3 Å². The fraction of sp³-hybridized carbons (Fsp3) is 0.385. The first-order chi connectivity index (χ1) is 9.15. The number of rotatable bonds is 5. The number of anilines is 1. The van der Waals surface area contributed by atoms with Gasteiger partial charge in [-0.1, -0.05) is 0 Å². The van der Waals surface area contributed by atoms with Gasteiger partial charge in [-0.25, -0.2) is 4.68 Å². The Balaban J connectivity index is 2.12. The van der Waals surface area contributed by atoms with E-state index in [0.717, 1.165) is 22.0 Å². The van der Waals surface area contributed by atoms with Gasteiger partial charge in [-0.15, -0.1) is 11.3 Å². The lowest BCUT2D eigenvalue weighted by molar-refractivity contribution is 0.270. The van der Waals surface area contributed by atoms with Gasteiger partial charge in [0.15, 0.2) is 0 Å². The third kappa shape index (κ3) is 2.95. The maximum atomic E-state index is 9.04. The first kappa shape index (κ1) is 13.6. The number of aryl methyl sites for hydroxylation is 1. The molecule has 0 aliphatic rings. The number of aliphatic hydroxyl groups excluding tert-OH is 1. The summed E-state index contributed by atoms with van der Waals surface area (Å²) in [6.45, 7) is 5.16. The second kappa shape index (κ2) is 5.87. The molecule has 0 unspecified atom stereocenters. The highest BCUT2D eigenvalue weighted by molar-refractivity contribution is 7.10. The van der Waals surface area contributed by atoms with Crippen LogP contribution in [-0.4, -0.2) is 21.5 Å². The average molecular weight is 276 g/mol. The van der Waals surface area contributed by atoms with Crippen LogP contribution < -0.4 is 5.32 Å². The van der Waals surface area contributed by atoms with Gasteiger partial charge < -0.3 is 10.4 Å². The Labute approximate surface area is 116 Å². The summed E-state index contributed by atoms with van der Waals surface area (Å²) in [7, 11) is 0. The monoisotopic (exact) mass is 276 g/mol. The van der Waals surface area contributed by atoms with Crippen molar-refractivity contribution in [2.24, 2.45) is 0 Å². The van der Waals surface area contributed by atoms with Crippen molar-refractivity contribution in [2.75, 3.05) is 11.9 Å². The minimum Gasteiger partial charge on any atom is -0.394 e. The van der Waals surface area contributed by atoms with Crippen LogP contribution in [0.3, 0.4) is 0 Å². The third-order valence-corrected chi connectivity index (χ3v) is 3.89. The predicted octanol–water partition coefficient (Wildman–Crippen LogP) is 2.04. The van der Waals surface area contributed by atoms with E-state index < -0.39 is 0 Å². The molecule has 0 atom stereocenters. The van der Waals surface area contributed by atoms with Gasteiger partial charge in [0.05, 0.1) is 31.0 Å². The van der Waals surface area contributed by atoms with Crippen molar-refractivity contribution in [3.8, 4) is 6.07 Å². The maximum Gasteiger partial charge on any atom is 0.127 e. The van der Waals surface area contributed by atoms with Crippen LogP contribution >= 0.6 is 11.3 Å². The first-order valence-corrected chi connectivity index (χ1v) is 6.90. The average Bonchev–Trinajstić information content (AvgIpc) is 2.95. The summed E-state index contributed by atoms with van der Waals surface area (Å²) in [4.78, 5) is 1.10. The molecule has 5 nitrogen and oxygen atoms in total. The van der Waals surface area contributed by atoms with E-state index in [4.69, 9.17) is 10.4 Å². The Morgan fingerprint density at radius 2 is 2.32 bits per heavy atom. The molecule has 100 valence electrons. The molecule has 0 fully saturated rings. The number of hydrogen-bond donors (Lipinski definition) is 2. The molecule has 2 aromatic rings. The molecular weight excluding hydrogens is 260 g/mol. The molecule has 19 heavy (non-hydrogen) atoms. The molecular formula is C13H16N4OS. The SMILES string of the molecule is Cc1nn(CCO)c(NCc2cc(C#N)cs2)c1C. The number of nitriles is 1. The van der Waals surface area contributed by atoms with Crippen LogP contribution in [0.5, 0.6) is 0 Å². The van der Waals surface area contributed by atoms with E-state index in [-0.39, 0.29) is 6.61 Å². The zero-order valence-corrected chi connectivity index (χ0v) is 11.8. The molecule has 0 aliphatic carbocycles. The molecule has 0 aliphatic heterocycles. The lowest BCUT2D eigenvalue weighted by Crippen LogP contribution is -2.10. The Morgan fingerprint density at radius 1 is 1.53 bits per heavy atom. The lowest BCUT2D eigenvalue weighted by Gasteiger charge is -2.09. The van der Waals surface area contributed by atoms with Gasteiger partial charge in [0.1, 0.15) is 11.9 Å². The van der Waals surface area contributed by atoms with Crippen molar-refractivity contribution >= 4 is 17.2 Å². The van der Waals surface area contributed by atoms with E-state index in [1.165, 1.54) is 0 Å². The molecule has 0 saturated carbocycles. The number of aliphatic hydroxyl groups is 1. The second-order valence-corrected chi connectivity index (χ2v) is 5.27. The summed E-state index contributed by atoms with van der Waals surface area (Å²) < 4.78 is 1.78. The van der Waals surface area contributed by atoms with Crippen molar-refractivity contribution < 1.29 is 5.11 Å². The first-order valence-electron chi connectivity index (χ1n) is 6.02. The Bertz CT molecular complexity index is 609. The third-order valence-electron chi connectivity index (χ3n) is 2.95. The van der Waals surface area contributed by atoms with Crippen LogP contribution in [0.15, 0.2) is 11.4 Å². The topological polar surface area (TPSA) is 73.9 Å². The van der Waals surface area contributed by atoms with E-state index in [0.29, 0.717) is 18.7 Å². The number of nitrogens with zero attached hydrogens (tertiary/aromatic N) is 3. The van der Waals surface area contributed by atoms with E-state index in [2.05, 4.69) is 16.5 Å². The van der Waals surface area contributed by atoms with Crippen molar-refractivity contribution in [2.45, 2.75) is 26.9 Å². The number of hydrogen-bond acceptors (Lipinski definition) is 5. The van der Waals surface area contributed by atoms with E-state index in [1.54, 1.807) is 16.0 Å². The van der Waals surface area contributed by atoms with Gasteiger partial charge >= 0.3 is 0 Å². The Hall–Kier alpha value is -1.84. The van der Waals surface area contributed by atoms with Gasteiger partial charge in [-0.3, -0.25) is 0 Å². The van der Waals surface area contributed by atoms with Crippen LogP contribution in [0.2, 0.25) is 0 Å². The maximum absolute atomic E-state index is 9.04. The van der Waals surface area contributed by atoms with Gasteiger partial charge in [-0.05, 0) is 19.9 Å². The van der Waals surface area contributed by atoms with Gasteiger partial charge in [0, 0.05) is 15.8 Å². The van der Waals surface area contributed by atoms with Crippen LogP contribution in [0.25, 0.3) is 0 Å². The van der Waals surface area contributed by atoms with Gasteiger partial charge in [0.2, 0.25) is 0 Å². The summed E-state index contributed by atoms with van der Waals surface area (Å²) in [5.41, 5.74) is 2.74. The number of thiophene rings is 1. The van der Waals surface area contributed by atoms with Crippen LogP contribution in [0.4, 0.5) is 5.82 Å².